The van der Waals surface area contributed by atoms with Gasteiger partial charge in [0.1, 0.15) is 16.0 Å². The molecule has 1 heterocycles. The van der Waals surface area contributed by atoms with Gasteiger partial charge in [0.05, 0.1) is 0 Å². The SMILES string of the molecule is CCCc1nc(Cl)cc(SCc2cccc(C)c2)n1. The molecule has 0 saturated heterocycles. The molecular weight excluding hydrogens is 276 g/mol. The summed E-state index contributed by atoms with van der Waals surface area (Å²) < 4.78 is 0. The molecule has 0 saturated carbocycles. The average Bonchev–Trinajstić information content (AvgIpc) is 2.36. The lowest BCUT2D eigenvalue weighted by atomic mass is 10.2. The normalized spacial score (nSPS) is 10.7. The highest BCUT2D eigenvalue weighted by Gasteiger charge is 2.04. The molecule has 1 aromatic carbocycles. The molecule has 0 unspecified atom stereocenters. The Labute approximate surface area is 123 Å². The van der Waals surface area contributed by atoms with E-state index in [9.17, 15) is 0 Å². The predicted molar refractivity (Wildman–Crippen MR) is 81.8 cm³/mol. The molecule has 2 aromatic rings. The first-order valence-electron chi connectivity index (χ1n) is 6.39. The van der Waals surface area contributed by atoms with Crippen LogP contribution < -0.4 is 0 Å². The van der Waals surface area contributed by atoms with Gasteiger partial charge in [-0.1, -0.05) is 48.4 Å². The molecule has 0 amide bonds. The number of aromatic nitrogens is 2. The summed E-state index contributed by atoms with van der Waals surface area (Å²) in [6.45, 7) is 4.22. The van der Waals surface area contributed by atoms with E-state index in [-0.39, 0.29) is 0 Å². The molecule has 0 radical (unpaired) electrons. The van der Waals surface area contributed by atoms with Crippen LogP contribution in [0.5, 0.6) is 0 Å². The van der Waals surface area contributed by atoms with Crippen LogP contribution in [0.3, 0.4) is 0 Å². The van der Waals surface area contributed by atoms with E-state index in [0.29, 0.717) is 5.15 Å². The van der Waals surface area contributed by atoms with E-state index >= 15 is 0 Å². The van der Waals surface area contributed by atoms with Crippen LogP contribution in [0.1, 0.15) is 30.3 Å². The van der Waals surface area contributed by atoms with Gasteiger partial charge in [-0.15, -0.1) is 11.8 Å². The minimum atomic E-state index is 0.533. The topological polar surface area (TPSA) is 25.8 Å². The Morgan fingerprint density at radius 1 is 1.21 bits per heavy atom. The van der Waals surface area contributed by atoms with E-state index in [1.807, 2.05) is 6.07 Å². The lowest BCUT2D eigenvalue weighted by Crippen LogP contribution is -1.96. The van der Waals surface area contributed by atoms with Gasteiger partial charge in [-0.2, -0.15) is 0 Å². The van der Waals surface area contributed by atoms with Crippen molar-refractivity contribution < 1.29 is 0 Å². The van der Waals surface area contributed by atoms with Gasteiger partial charge in [0.2, 0.25) is 0 Å². The Morgan fingerprint density at radius 2 is 2.05 bits per heavy atom. The summed E-state index contributed by atoms with van der Waals surface area (Å²) >= 11 is 7.73. The van der Waals surface area contributed by atoms with Crippen LogP contribution in [0.2, 0.25) is 5.15 Å². The first-order chi connectivity index (χ1) is 9.17. The van der Waals surface area contributed by atoms with Crippen molar-refractivity contribution in [3.05, 3.63) is 52.4 Å². The molecule has 100 valence electrons. The molecule has 0 aliphatic rings. The Balaban J connectivity index is 2.06. The van der Waals surface area contributed by atoms with Gasteiger partial charge in [-0.05, 0) is 18.9 Å². The third-order valence-electron chi connectivity index (χ3n) is 2.66. The fourth-order valence-corrected chi connectivity index (χ4v) is 2.94. The number of halogens is 1. The van der Waals surface area contributed by atoms with Crippen LogP contribution >= 0.6 is 23.4 Å². The van der Waals surface area contributed by atoms with Crippen molar-refractivity contribution in [2.75, 3.05) is 0 Å². The van der Waals surface area contributed by atoms with Crippen LogP contribution in [0, 0.1) is 6.92 Å². The molecule has 0 fully saturated rings. The highest BCUT2D eigenvalue weighted by Crippen LogP contribution is 2.23. The van der Waals surface area contributed by atoms with E-state index in [1.54, 1.807) is 11.8 Å². The van der Waals surface area contributed by atoms with Gasteiger partial charge in [0, 0.05) is 18.2 Å². The van der Waals surface area contributed by atoms with E-state index in [4.69, 9.17) is 11.6 Å². The summed E-state index contributed by atoms with van der Waals surface area (Å²) in [5, 5.41) is 1.48. The molecule has 0 bridgehead atoms. The van der Waals surface area contributed by atoms with Gasteiger partial charge >= 0.3 is 0 Å². The maximum absolute atomic E-state index is 6.03. The molecule has 0 spiro atoms. The molecule has 4 heteroatoms. The van der Waals surface area contributed by atoms with Crippen molar-refractivity contribution in [2.24, 2.45) is 0 Å². The van der Waals surface area contributed by atoms with Crippen molar-refractivity contribution in [1.29, 1.82) is 0 Å². The van der Waals surface area contributed by atoms with Gasteiger partial charge < -0.3 is 0 Å². The highest BCUT2D eigenvalue weighted by molar-refractivity contribution is 7.98. The summed E-state index contributed by atoms with van der Waals surface area (Å²) in [5.41, 5.74) is 2.59. The molecule has 0 N–H and O–H groups in total. The van der Waals surface area contributed by atoms with Crippen molar-refractivity contribution >= 4 is 23.4 Å². The van der Waals surface area contributed by atoms with Crippen LogP contribution in [0.25, 0.3) is 0 Å². The molecule has 0 atom stereocenters. The monoisotopic (exact) mass is 292 g/mol. The minimum absolute atomic E-state index is 0.533. The number of rotatable bonds is 5. The number of hydrogen-bond donors (Lipinski definition) is 0. The zero-order chi connectivity index (χ0) is 13.7. The van der Waals surface area contributed by atoms with Crippen molar-refractivity contribution in [2.45, 2.75) is 37.5 Å². The number of thioether (sulfide) groups is 1. The Bertz CT molecular complexity index is 558. The van der Waals surface area contributed by atoms with Gasteiger partial charge in [-0.3, -0.25) is 0 Å². The lowest BCUT2D eigenvalue weighted by Gasteiger charge is -2.05. The van der Waals surface area contributed by atoms with Crippen molar-refractivity contribution in [1.82, 2.24) is 9.97 Å². The molecule has 0 aliphatic heterocycles. The maximum Gasteiger partial charge on any atom is 0.133 e. The van der Waals surface area contributed by atoms with E-state index in [1.165, 1.54) is 11.1 Å². The average molecular weight is 293 g/mol. The van der Waals surface area contributed by atoms with Gasteiger partial charge in [-0.25, -0.2) is 9.97 Å². The van der Waals surface area contributed by atoms with Crippen LogP contribution in [0.4, 0.5) is 0 Å². The summed E-state index contributed by atoms with van der Waals surface area (Å²) in [4.78, 5) is 8.76. The number of nitrogens with zero attached hydrogens (tertiary/aromatic N) is 2. The van der Waals surface area contributed by atoms with Crippen LogP contribution in [0.15, 0.2) is 35.4 Å². The van der Waals surface area contributed by atoms with Crippen molar-refractivity contribution in [3.8, 4) is 0 Å². The summed E-state index contributed by atoms with van der Waals surface area (Å²) in [7, 11) is 0. The third-order valence-corrected chi connectivity index (χ3v) is 3.84. The first-order valence-corrected chi connectivity index (χ1v) is 7.75. The smallest absolute Gasteiger partial charge is 0.133 e. The predicted octanol–water partition coefficient (Wildman–Crippen LogP) is 4.68. The zero-order valence-corrected chi connectivity index (χ0v) is 12.8. The Morgan fingerprint density at radius 3 is 2.79 bits per heavy atom. The second kappa shape index (κ2) is 6.92. The largest absolute Gasteiger partial charge is 0.226 e. The zero-order valence-electron chi connectivity index (χ0n) is 11.2. The van der Waals surface area contributed by atoms with E-state index in [0.717, 1.165) is 29.4 Å². The van der Waals surface area contributed by atoms with Crippen LogP contribution in [-0.4, -0.2) is 9.97 Å². The molecule has 19 heavy (non-hydrogen) atoms. The summed E-state index contributed by atoms with van der Waals surface area (Å²) in [5.74, 6) is 1.74. The van der Waals surface area contributed by atoms with E-state index in [2.05, 4.69) is 48.1 Å². The summed E-state index contributed by atoms with van der Waals surface area (Å²) in [6.07, 6.45) is 1.90. The lowest BCUT2D eigenvalue weighted by molar-refractivity contribution is 0.809. The minimum Gasteiger partial charge on any atom is -0.226 e. The van der Waals surface area contributed by atoms with Gasteiger partial charge in [0.15, 0.2) is 0 Å². The molecular formula is C15H17ClN2S. The molecule has 0 aliphatic carbocycles. The summed E-state index contributed by atoms with van der Waals surface area (Å²) in [6, 6.07) is 10.4. The quantitative estimate of drug-likeness (QED) is 0.591. The fourth-order valence-electron chi connectivity index (χ4n) is 1.81. The van der Waals surface area contributed by atoms with Crippen LogP contribution in [-0.2, 0) is 12.2 Å². The number of benzene rings is 1. The Hall–Kier alpha value is -1.06. The highest BCUT2D eigenvalue weighted by atomic mass is 35.5. The number of aryl methyl sites for hydroxylation is 2. The first kappa shape index (κ1) is 14.4. The maximum atomic E-state index is 6.03. The molecule has 1 aromatic heterocycles. The van der Waals surface area contributed by atoms with Gasteiger partial charge in [0.25, 0.3) is 0 Å². The Kier molecular flexibility index (Phi) is 5.23. The molecule has 2 rings (SSSR count). The van der Waals surface area contributed by atoms with E-state index < -0.39 is 0 Å². The second-order valence-corrected chi connectivity index (χ2v) is 5.86. The molecule has 2 nitrogen and oxygen atoms in total. The fraction of sp³-hybridized carbons (Fsp3) is 0.333. The second-order valence-electron chi connectivity index (χ2n) is 4.47. The van der Waals surface area contributed by atoms with Crippen molar-refractivity contribution in [3.63, 3.8) is 0 Å². The third kappa shape index (κ3) is 4.51. The number of hydrogen-bond acceptors (Lipinski definition) is 3. The standard InChI is InChI=1S/C15H17ClN2S/c1-3-5-14-17-13(16)9-15(18-14)19-10-12-7-4-6-11(2)8-12/h4,6-9H,3,5,10H2,1-2H3.